The lowest BCUT2D eigenvalue weighted by molar-refractivity contribution is -0.139. The Hall–Kier alpha value is -0.610. The van der Waals surface area contributed by atoms with Gasteiger partial charge in [-0.05, 0) is 45.8 Å². The summed E-state index contributed by atoms with van der Waals surface area (Å²) in [5, 5.41) is 11.7. The molecule has 0 spiro atoms. The quantitative estimate of drug-likeness (QED) is 0.689. The van der Waals surface area contributed by atoms with Crippen LogP contribution in [0.3, 0.4) is 0 Å². The van der Waals surface area contributed by atoms with Gasteiger partial charge in [0.15, 0.2) is 0 Å². The molecule has 1 heterocycles. The minimum absolute atomic E-state index is 0.383. The number of aliphatic carboxylic acids is 1. The van der Waals surface area contributed by atoms with Gasteiger partial charge < -0.3 is 15.3 Å². The molecule has 1 aliphatic rings. The van der Waals surface area contributed by atoms with Gasteiger partial charge in [0.1, 0.15) is 6.04 Å². The fourth-order valence-electron chi connectivity index (χ4n) is 2.14. The van der Waals surface area contributed by atoms with E-state index in [4.69, 9.17) is 5.11 Å². The molecule has 1 rings (SSSR count). The summed E-state index contributed by atoms with van der Waals surface area (Å²) in [7, 11) is 3.81. The fraction of sp³-hybridized carbons (Fsp3) is 0.900. The van der Waals surface area contributed by atoms with Crippen LogP contribution in [-0.2, 0) is 4.79 Å². The molecule has 2 N–H and O–H groups in total. The van der Waals surface area contributed by atoms with E-state index in [0.29, 0.717) is 5.92 Å². The molecule has 4 nitrogen and oxygen atoms in total. The Kier molecular flexibility index (Phi) is 4.35. The van der Waals surface area contributed by atoms with Crippen LogP contribution in [0.1, 0.15) is 19.3 Å². The maximum absolute atomic E-state index is 10.8. The lowest BCUT2D eigenvalue weighted by atomic mass is 9.91. The first kappa shape index (κ1) is 11.5. The highest BCUT2D eigenvalue weighted by atomic mass is 16.4. The number of rotatable bonds is 4. The number of nitrogens with one attached hydrogen (secondary N) is 1. The van der Waals surface area contributed by atoms with Crippen molar-refractivity contribution < 1.29 is 9.90 Å². The summed E-state index contributed by atoms with van der Waals surface area (Å²) in [5.41, 5.74) is 0. The van der Waals surface area contributed by atoms with Crippen LogP contribution in [0.5, 0.6) is 0 Å². The molecule has 2 atom stereocenters. The van der Waals surface area contributed by atoms with Crippen molar-refractivity contribution in [3.8, 4) is 0 Å². The van der Waals surface area contributed by atoms with E-state index in [1.54, 1.807) is 7.05 Å². The molecule has 0 aromatic carbocycles. The first-order valence-electron chi connectivity index (χ1n) is 5.22. The standard InChI is InChI=1S/C10H20N2O2/c1-11-9(10(13)14)6-8-4-3-5-12(2)7-8/h8-9,11H,3-7H2,1-2H3,(H,13,14). The normalized spacial score (nSPS) is 26.0. The fourth-order valence-corrected chi connectivity index (χ4v) is 2.14. The van der Waals surface area contributed by atoms with Crippen LogP contribution in [0.25, 0.3) is 0 Å². The third-order valence-corrected chi connectivity index (χ3v) is 2.94. The third kappa shape index (κ3) is 3.27. The van der Waals surface area contributed by atoms with E-state index in [0.717, 1.165) is 25.9 Å². The number of hydrogen-bond acceptors (Lipinski definition) is 3. The molecule has 0 saturated carbocycles. The van der Waals surface area contributed by atoms with Crippen LogP contribution >= 0.6 is 0 Å². The molecular formula is C10H20N2O2. The Labute approximate surface area is 85.3 Å². The van der Waals surface area contributed by atoms with Gasteiger partial charge >= 0.3 is 5.97 Å². The average Bonchev–Trinajstić information content (AvgIpc) is 2.14. The Morgan fingerprint density at radius 3 is 2.93 bits per heavy atom. The Morgan fingerprint density at radius 1 is 1.71 bits per heavy atom. The third-order valence-electron chi connectivity index (χ3n) is 2.94. The summed E-state index contributed by atoms with van der Waals surface area (Å²) < 4.78 is 0. The zero-order valence-corrected chi connectivity index (χ0v) is 8.99. The molecule has 1 fully saturated rings. The highest BCUT2D eigenvalue weighted by Crippen LogP contribution is 2.19. The second kappa shape index (κ2) is 5.32. The number of piperidine rings is 1. The van der Waals surface area contributed by atoms with Crippen molar-refractivity contribution in [2.45, 2.75) is 25.3 Å². The molecule has 82 valence electrons. The van der Waals surface area contributed by atoms with Crippen molar-refractivity contribution in [1.82, 2.24) is 10.2 Å². The van der Waals surface area contributed by atoms with Crippen molar-refractivity contribution in [1.29, 1.82) is 0 Å². The largest absolute Gasteiger partial charge is 0.480 e. The summed E-state index contributed by atoms with van der Waals surface area (Å²) in [6.07, 6.45) is 3.10. The highest BCUT2D eigenvalue weighted by Gasteiger charge is 2.23. The summed E-state index contributed by atoms with van der Waals surface area (Å²) in [5.74, 6) is -0.206. The molecule has 1 aliphatic heterocycles. The first-order chi connectivity index (χ1) is 6.63. The van der Waals surface area contributed by atoms with E-state index in [2.05, 4.69) is 17.3 Å². The molecule has 0 aromatic rings. The van der Waals surface area contributed by atoms with Gasteiger partial charge in [-0.2, -0.15) is 0 Å². The van der Waals surface area contributed by atoms with Gasteiger partial charge in [-0.25, -0.2) is 0 Å². The van der Waals surface area contributed by atoms with Crippen LogP contribution in [-0.4, -0.2) is 49.2 Å². The van der Waals surface area contributed by atoms with Crippen LogP contribution in [0.2, 0.25) is 0 Å². The summed E-state index contributed by atoms with van der Waals surface area (Å²) in [6, 6.07) is -0.383. The van der Waals surface area contributed by atoms with E-state index in [9.17, 15) is 4.79 Å². The molecule has 2 unspecified atom stereocenters. The Bertz CT molecular complexity index is 197. The van der Waals surface area contributed by atoms with E-state index in [1.807, 2.05) is 0 Å². The maximum Gasteiger partial charge on any atom is 0.320 e. The van der Waals surface area contributed by atoms with Crippen LogP contribution in [0, 0.1) is 5.92 Å². The second-order valence-electron chi connectivity index (χ2n) is 4.19. The number of carbonyl (C=O) groups is 1. The molecule has 4 heteroatoms. The number of carboxylic acid groups (broad SMARTS) is 1. The average molecular weight is 200 g/mol. The van der Waals surface area contributed by atoms with Gasteiger partial charge in [0.05, 0.1) is 0 Å². The number of hydrogen-bond donors (Lipinski definition) is 2. The van der Waals surface area contributed by atoms with Gasteiger partial charge in [-0.3, -0.25) is 4.79 Å². The van der Waals surface area contributed by atoms with Crippen molar-refractivity contribution in [3.05, 3.63) is 0 Å². The number of likely N-dealkylation sites (tertiary alicyclic amines) is 1. The Balaban J connectivity index is 2.37. The van der Waals surface area contributed by atoms with Crippen LogP contribution in [0.15, 0.2) is 0 Å². The minimum atomic E-state index is -0.735. The maximum atomic E-state index is 10.8. The van der Waals surface area contributed by atoms with Crippen molar-refractivity contribution in [3.63, 3.8) is 0 Å². The summed E-state index contributed by atoms with van der Waals surface area (Å²) >= 11 is 0. The van der Waals surface area contributed by atoms with Crippen molar-refractivity contribution in [2.24, 2.45) is 5.92 Å². The number of nitrogens with zero attached hydrogens (tertiary/aromatic N) is 1. The summed E-state index contributed by atoms with van der Waals surface area (Å²) in [6.45, 7) is 2.18. The van der Waals surface area contributed by atoms with E-state index in [1.165, 1.54) is 6.42 Å². The summed E-state index contributed by atoms with van der Waals surface area (Å²) in [4.78, 5) is 13.1. The lowest BCUT2D eigenvalue weighted by Crippen LogP contribution is -2.40. The van der Waals surface area contributed by atoms with Crippen molar-refractivity contribution >= 4 is 5.97 Å². The Morgan fingerprint density at radius 2 is 2.43 bits per heavy atom. The molecule has 14 heavy (non-hydrogen) atoms. The monoisotopic (exact) mass is 200 g/mol. The predicted octanol–water partition coefficient (Wildman–Crippen LogP) is 0.391. The molecule has 0 amide bonds. The van der Waals surface area contributed by atoms with Gasteiger partial charge in [0.2, 0.25) is 0 Å². The van der Waals surface area contributed by atoms with Crippen LogP contribution < -0.4 is 5.32 Å². The molecule has 0 radical (unpaired) electrons. The van der Waals surface area contributed by atoms with Gasteiger partial charge in [0, 0.05) is 6.54 Å². The topological polar surface area (TPSA) is 52.6 Å². The lowest BCUT2D eigenvalue weighted by Gasteiger charge is -2.31. The minimum Gasteiger partial charge on any atom is -0.480 e. The highest BCUT2D eigenvalue weighted by molar-refractivity contribution is 5.73. The van der Waals surface area contributed by atoms with Gasteiger partial charge in [-0.1, -0.05) is 0 Å². The van der Waals surface area contributed by atoms with E-state index < -0.39 is 5.97 Å². The predicted molar refractivity (Wildman–Crippen MR) is 55.3 cm³/mol. The number of carboxylic acids is 1. The second-order valence-corrected chi connectivity index (χ2v) is 4.19. The number of likely N-dealkylation sites (N-methyl/N-ethyl adjacent to an activating group) is 1. The zero-order valence-electron chi connectivity index (χ0n) is 8.99. The van der Waals surface area contributed by atoms with E-state index >= 15 is 0 Å². The first-order valence-corrected chi connectivity index (χ1v) is 5.22. The van der Waals surface area contributed by atoms with E-state index in [-0.39, 0.29) is 6.04 Å². The molecule has 0 bridgehead atoms. The van der Waals surface area contributed by atoms with Crippen molar-refractivity contribution in [2.75, 3.05) is 27.2 Å². The molecule has 1 saturated heterocycles. The SMILES string of the molecule is CNC(CC1CCCN(C)C1)C(=O)O. The zero-order chi connectivity index (χ0) is 10.6. The smallest absolute Gasteiger partial charge is 0.320 e. The molecule has 0 aromatic heterocycles. The van der Waals surface area contributed by atoms with Gasteiger partial charge in [0.25, 0.3) is 0 Å². The molecule has 0 aliphatic carbocycles. The van der Waals surface area contributed by atoms with Crippen LogP contribution in [0.4, 0.5) is 0 Å². The van der Waals surface area contributed by atoms with Gasteiger partial charge in [-0.15, -0.1) is 0 Å². The molecular weight excluding hydrogens is 180 g/mol.